The normalized spacial score (nSPS) is 45.2. The van der Waals surface area contributed by atoms with E-state index in [-0.39, 0.29) is 0 Å². The molecule has 0 aromatic rings. The van der Waals surface area contributed by atoms with Crippen LogP contribution >= 0.6 is 15.9 Å². The first-order valence-electron chi connectivity index (χ1n) is 4.97. The van der Waals surface area contributed by atoms with Crippen LogP contribution in [-0.4, -0.2) is 69.0 Å². The zero-order valence-corrected chi connectivity index (χ0v) is 9.70. The second-order valence-electron chi connectivity index (χ2n) is 3.28. The summed E-state index contributed by atoms with van der Waals surface area (Å²) in [5.74, 6) is 0. The van der Waals surface area contributed by atoms with Crippen molar-refractivity contribution in [3.05, 3.63) is 0 Å². The monoisotopic (exact) mass is 301 g/mol. The number of ether oxygens (including phenoxy) is 2. The van der Waals surface area contributed by atoms with Gasteiger partial charge in [0.2, 0.25) is 0 Å². The molecular formula is C8H13BrO7. The smallest absolute Gasteiger partial charge is 0.257 e. The minimum absolute atomic E-state index is 0.615. The lowest BCUT2D eigenvalue weighted by atomic mass is 9.99. The van der Waals surface area contributed by atoms with Crippen molar-refractivity contribution in [3.8, 4) is 0 Å². The van der Waals surface area contributed by atoms with Crippen LogP contribution in [0.1, 0.15) is 1.37 Å². The van der Waals surface area contributed by atoms with Gasteiger partial charge in [-0.15, -0.1) is 0 Å². The molecule has 4 N–H and O–H groups in total. The van der Waals surface area contributed by atoms with Crippen molar-refractivity contribution in [2.45, 2.75) is 29.1 Å². The molecule has 16 heavy (non-hydrogen) atoms. The van der Waals surface area contributed by atoms with Crippen molar-refractivity contribution in [2.75, 3.05) is 13.2 Å². The minimum atomic E-state index is -1.95. The molecule has 7 nitrogen and oxygen atoms in total. The van der Waals surface area contributed by atoms with Crippen LogP contribution in [0.2, 0.25) is 0 Å². The summed E-state index contributed by atoms with van der Waals surface area (Å²) in [6.07, 6.45) is -7.04. The Kier molecular flexibility index (Phi) is 4.25. The molecule has 0 aromatic heterocycles. The summed E-state index contributed by atoms with van der Waals surface area (Å²) in [7, 11) is 0. The first-order valence-corrected chi connectivity index (χ1v) is 5.26. The minimum Gasteiger partial charge on any atom is -0.394 e. The molecule has 94 valence electrons. The predicted octanol–water partition coefficient (Wildman–Crippen LogP) is -2.28. The zero-order chi connectivity index (χ0) is 13.2. The van der Waals surface area contributed by atoms with Crippen molar-refractivity contribution in [1.82, 2.24) is 0 Å². The van der Waals surface area contributed by atoms with E-state index in [1.165, 1.54) is 0 Å². The number of aldehydes is 1. The van der Waals surface area contributed by atoms with Gasteiger partial charge < -0.3 is 34.7 Å². The molecule has 1 saturated heterocycles. The third-order valence-electron chi connectivity index (χ3n) is 2.23. The van der Waals surface area contributed by atoms with Crippen LogP contribution in [0.15, 0.2) is 0 Å². The van der Waals surface area contributed by atoms with E-state index in [0.29, 0.717) is 0 Å². The van der Waals surface area contributed by atoms with Gasteiger partial charge in [0.1, 0.15) is 38.7 Å². The van der Waals surface area contributed by atoms with Crippen LogP contribution in [-0.2, 0) is 14.3 Å². The fourth-order valence-electron chi connectivity index (χ4n) is 1.35. The topological polar surface area (TPSA) is 116 Å². The molecule has 0 spiro atoms. The van der Waals surface area contributed by atoms with Gasteiger partial charge in [0.25, 0.3) is 4.70 Å². The average Bonchev–Trinajstić information content (AvgIpc) is 2.29. The molecule has 1 aliphatic rings. The molecule has 0 saturated carbocycles. The van der Waals surface area contributed by atoms with E-state index < -0.39 is 48.6 Å². The number of hydrogen-bond donors (Lipinski definition) is 4. The number of carbonyl (C=O) groups excluding carboxylic acids is 1. The second kappa shape index (κ2) is 5.50. The number of carbonyl (C=O) groups is 1. The number of aliphatic hydroxyl groups excluding tert-OH is 4. The highest BCUT2D eigenvalue weighted by atomic mass is 79.9. The maximum Gasteiger partial charge on any atom is 0.257 e. The predicted molar refractivity (Wildman–Crippen MR) is 53.7 cm³/mol. The van der Waals surface area contributed by atoms with Crippen LogP contribution in [0.4, 0.5) is 0 Å². The van der Waals surface area contributed by atoms with Gasteiger partial charge in [-0.3, -0.25) is 0 Å². The van der Waals surface area contributed by atoms with E-state index in [9.17, 15) is 20.1 Å². The SMILES string of the molecule is [2H]C(=O)COC1(Br)O[C@H](CO)[C@@H](O)[C@H](O)[C@H]1O. The molecule has 1 rings (SSSR count). The van der Waals surface area contributed by atoms with Crippen molar-refractivity contribution < 1.29 is 36.1 Å². The number of hydrogen-bond acceptors (Lipinski definition) is 7. The largest absolute Gasteiger partial charge is 0.394 e. The summed E-state index contributed by atoms with van der Waals surface area (Å²) >= 11 is 2.83. The van der Waals surface area contributed by atoms with Crippen LogP contribution < -0.4 is 0 Å². The van der Waals surface area contributed by atoms with E-state index in [0.717, 1.165) is 0 Å². The zero-order valence-electron chi connectivity index (χ0n) is 9.12. The summed E-state index contributed by atoms with van der Waals surface area (Å²) < 4.78 is 14.5. The molecule has 0 amide bonds. The molecule has 0 radical (unpaired) electrons. The Hall–Kier alpha value is -0.0900. The molecule has 5 atom stereocenters. The third kappa shape index (κ3) is 2.59. The molecule has 1 heterocycles. The summed E-state index contributed by atoms with van der Waals surface area (Å²) in [5.41, 5.74) is 0. The maximum atomic E-state index is 10.5. The fourth-order valence-corrected chi connectivity index (χ4v) is 1.97. The molecule has 1 fully saturated rings. The summed E-state index contributed by atoms with van der Waals surface area (Å²) in [4.78, 5) is 10.5. The highest BCUT2D eigenvalue weighted by Crippen LogP contribution is 2.35. The van der Waals surface area contributed by atoms with Crippen molar-refractivity contribution in [3.63, 3.8) is 0 Å². The Labute approximate surface area is 101 Å². The molecule has 0 bridgehead atoms. The van der Waals surface area contributed by atoms with Crippen LogP contribution in [0.5, 0.6) is 0 Å². The van der Waals surface area contributed by atoms with Gasteiger partial charge in [-0.05, 0) is 15.9 Å². The second-order valence-corrected chi connectivity index (χ2v) is 4.39. The van der Waals surface area contributed by atoms with E-state index in [4.69, 9.17) is 16.0 Å². The standard InChI is InChI=1S/C8H13BrO7/c9-8(15-2-1-10)7(14)6(13)5(12)4(3-11)16-8/h1,4-7,11-14H,2-3H2/t4-,5-,6+,7-,8?/m1/s1/i1D. The van der Waals surface area contributed by atoms with E-state index in [2.05, 4.69) is 15.9 Å². The number of halogens is 1. The maximum absolute atomic E-state index is 10.5. The Morgan fingerprint density at radius 3 is 2.62 bits per heavy atom. The quantitative estimate of drug-likeness (QED) is 0.341. The van der Waals surface area contributed by atoms with E-state index >= 15 is 0 Å². The Bertz CT molecular complexity index is 289. The fraction of sp³-hybridized carbons (Fsp3) is 0.875. The van der Waals surface area contributed by atoms with E-state index in [1.807, 2.05) is 0 Å². The number of aliphatic hydroxyl groups is 4. The molecule has 1 unspecified atom stereocenters. The van der Waals surface area contributed by atoms with Crippen LogP contribution in [0, 0.1) is 0 Å². The summed E-state index contributed by atoms with van der Waals surface area (Å²) in [6.45, 7) is -1.29. The lowest BCUT2D eigenvalue weighted by Gasteiger charge is -2.44. The van der Waals surface area contributed by atoms with Gasteiger partial charge in [-0.2, -0.15) is 0 Å². The van der Waals surface area contributed by atoms with Gasteiger partial charge >= 0.3 is 0 Å². The molecule has 0 aromatic carbocycles. The third-order valence-corrected chi connectivity index (χ3v) is 3.11. The number of alkyl halides is 1. The molecular weight excluding hydrogens is 288 g/mol. The Morgan fingerprint density at radius 2 is 2.12 bits per heavy atom. The van der Waals surface area contributed by atoms with E-state index in [1.54, 1.807) is 0 Å². The molecule has 1 aliphatic heterocycles. The van der Waals surface area contributed by atoms with Crippen molar-refractivity contribution in [1.29, 1.82) is 0 Å². The Morgan fingerprint density at radius 1 is 1.50 bits per heavy atom. The van der Waals surface area contributed by atoms with Gasteiger partial charge in [0.05, 0.1) is 6.61 Å². The average molecular weight is 302 g/mol. The number of rotatable bonds is 4. The van der Waals surface area contributed by atoms with Crippen LogP contribution in [0.25, 0.3) is 0 Å². The van der Waals surface area contributed by atoms with Gasteiger partial charge in [-0.1, -0.05) is 0 Å². The molecule has 0 aliphatic carbocycles. The molecule has 8 heteroatoms. The van der Waals surface area contributed by atoms with Crippen molar-refractivity contribution in [2.24, 2.45) is 0 Å². The first-order chi connectivity index (χ1) is 7.81. The first kappa shape index (κ1) is 12.4. The highest BCUT2D eigenvalue weighted by Gasteiger charge is 2.53. The van der Waals surface area contributed by atoms with Gasteiger partial charge in [-0.25, -0.2) is 0 Å². The van der Waals surface area contributed by atoms with Crippen LogP contribution in [0.3, 0.4) is 0 Å². The Balaban J connectivity index is 2.79. The summed E-state index contributed by atoms with van der Waals surface area (Å²) in [5, 5.41) is 37.5. The van der Waals surface area contributed by atoms with Crippen molar-refractivity contribution >= 4 is 22.2 Å². The highest BCUT2D eigenvalue weighted by molar-refractivity contribution is 9.10. The van der Waals surface area contributed by atoms with Gasteiger partial charge in [0, 0.05) is 0 Å². The van der Waals surface area contributed by atoms with Gasteiger partial charge in [0.15, 0.2) is 0 Å². The lowest BCUT2D eigenvalue weighted by molar-refractivity contribution is -0.314. The summed E-state index contributed by atoms with van der Waals surface area (Å²) in [6, 6.07) is 0. The lowest BCUT2D eigenvalue weighted by Crippen LogP contribution is -2.63.